The topological polar surface area (TPSA) is 92.1 Å². The van der Waals surface area contributed by atoms with E-state index in [2.05, 4.69) is 10.2 Å². The van der Waals surface area contributed by atoms with Crippen molar-refractivity contribution in [1.82, 2.24) is 15.1 Å². The SMILES string of the molecule is O=C1c2[nH]nc(-c3ccccc3)c2C(c2ccc([N+](=O)[O-])cc2)N1CCc1ccccc1. The molecule has 1 aromatic heterocycles. The molecule has 0 saturated carbocycles. The predicted octanol–water partition coefficient (Wildman–Crippen LogP) is 4.77. The van der Waals surface area contributed by atoms with Crippen molar-refractivity contribution >= 4 is 11.6 Å². The highest BCUT2D eigenvalue weighted by Gasteiger charge is 2.42. The summed E-state index contributed by atoms with van der Waals surface area (Å²) in [6.07, 6.45) is 0.703. The zero-order valence-corrected chi connectivity index (χ0v) is 17.1. The van der Waals surface area contributed by atoms with Gasteiger partial charge >= 0.3 is 0 Å². The van der Waals surface area contributed by atoms with Crippen LogP contribution in [-0.2, 0) is 6.42 Å². The average Bonchev–Trinajstić information content (AvgIpc) is 3.38. The van der Waals surface area contributed by atoms with E-state index in [1.54, 1.807) is 12.1 Å². The molecule has 0 radical (unpaired) electrons. The number of aromatic amines is 1. The fourth-order valence-corrected chi connectivity index (χ4v) is 4.26. The Morgan fingerprint density at radius 1 is 0.938 bits per heavy atom. The molecule has 0 spiro atoms. The van der Waals surface area contributed by atoms with Gasteiger partial charge in [-0.2, -0.15) is 5.10 Å². The van der Waals surface area contributed by atoms with Gasteiger partial charge in [0.05, 0.1) is 16.7 Å². The zero-order valence-electron chi connectivity index (χ0n) is 17.1. The lowest BCUT2D eigenvalue weighted by Gasteiger charge is -2.26. The summed E-state index contributed by atoms with van der Waals surface area (Å²) in [5.41, 5.74) is 4.89. The number of fused-ring (bicyclic) bond motifs is 1. The van der Waals surface area contributed by atoms with E-state index in [1.165, 1.54) is 12.1 Å². The Morgan fingerprint density at radius 3 is 2.25 bits per heavy atom. The first kappa shape index (κ1) is 19.7. The first-order valence-corrected chi connectivity index (χ1v) is 10.4. The number of nitro benzene ring substituents is 1. The Labute approximate surface area is 184 Å². The molecule has 0 aliphatic carbocycles. The van der Waals surface area contributed by atoms with E-state index in [-0.39, 0.29) is 17.6 Å². The number of carbonyl (C=O) groups excluding carboxylic acids is 1. The van der Waals surface area contributed by atoms with Crippen LogP contribution in [0.5, 0.6) is 0 Å². The van der Waals surface area contributed by atoms with Gasteiger partial charge in [0.25, 0.3) is 11.6 Å². The lowest BCUT2D eigenvalue weighted by atomic mass is 9.95. The van der Waals surface area contributed by atoms with Gasteiger partial charge in [-0.25, -0.2) is 0 Å². The van der Waals surface area contributed by atoms with E-state index in [9.17, 15) is 14.9 Å². The van der Waals surface area contributed by atoms with Gasteiger partial charge in [0, 0.05) is 29.8 Å². The molecule has 0 fully saturated rings. The molecule has 1 amide bonds. The number of amides is 1. The van der Waals surface area contributed by atoms with E-state index in [0.717, 1.165) is 27.9 Å². The Kier molecular flexibility index (Phi) is 4.99. The minimum atomic E-state index is -0.421. The first-order valence-electron chi connectivity index (χ1n) is 10.4. The van der Waals surface area contributed by atoms with Crippen LogP contribution in [0.15, 0.2) is 84.9 Å². The molecule has 158 valence electrons. The minimum Gasteiger partial charge on any atom is -0.326 e. The summed E-state index contributed by atoms with van der Waals surface area (Å²) in [5, 5.41) is 18.5. The number of carbonyl (C=O) groups is 1. The molecule has 1 aliphatic heterocycles. The molecular formula is C25H20N4O3. The smallest absolute Gasteiger partial charge is 0.273 e. The summed E-state index contributed by atoms with van der Waals surface area (Å²) in [7, 11) is 0. The van der Waals surface area contributed by atoms with Crippen molar-refractivity contribution in [2.75, 3.05) is 6.54 Å². The number of aromatic nitrogens is 2. The van der Waals surface area contributed by atoms with Gasteiger partial charge in [0.1, 0.15) is 5.69 Å². The van der Waals surface area contributed by atoms with Crippen molar-refractivity contribution in [2.24, 2.45) is 0 Å². The van der Waals surface area contributed by atoms with Gasteiger partial charge in [-0.3, -0.25) is 20.0 Å². The molecule has 5 rings (SSSR count). The lowest BCUT2D eigenvalue weighted by Crippen LogP contribution is -2.31. The second-order valence-electron chi connectivity index (χ2n) is 7.71. The Balaban J connectivity index is 1.57. The lowest BCUT2D eigenvalue weighted by molar-refractivity contribution is -0.384. The highest BCUT2D eigenvalue weighted by atomic mass is 16.6. The van der Waals surface area contributed by atoms with Gasteiger partial charge < -0.3 is 4.90 Å². The van der Waals surface area contributed by atoms with Crippen LogP contribution in [0, 0.1) is 10.1 Å². The number of hydrogen-bond acceptors (Lipinski definition) is 4. The number of H-pyrrole nitrogens is 1. The normalized spacial score (nSPS) is 15.1. The van der Waals surface area contributed by atoms with Crippen LogP contribution in [0.2, 0.25) is 0 Å². The number of benzene rings is 3. The van der Waals surface area contributed by atoms with Crippen molar-refractivity contribution in [2.45, 2.75) is 12.5 Å². The monoisotopic (exact) mass is 424 g/mol. The Bertz CT molecular complexity index is 1270. The summed E-state index contributed by atoms with van der Waals surface area (Å²) in [6.45, 7) is 0.515. The quantitative estimate of drug-likeness (QED) is 0.356. The molecule has 1 unspecified atom stereocenters. The van der Waals surface area contributed by atoms with Crippen LogP contribution in [-0.4, -0.2) is 32.5 Å². The average molecular weight is 424 g/mol. The molecule has 2 heterocycles. The van der Waals surface area contributed by atoms with Gasteiger partial charge in [0.15, 0.2) is 0 Å². The summed E-state index contributed by atoms with van der Waals surface area (Å²) in [5.74, 6) is -0.117. The molecule has 4 aromatic rings. The first-order chi connectivity index (χ1) is 15.6. The predicted molar refractivity (Wildman–Crippen MR) is 120 cm³/mol. The van der Waals surface area contributed by atoms with Gasteiger partial charge in [0.2, 0.25) is 0 Å². The molecular weight excluding hydrogens is 404 g/mol. The van der Waals surface area contributed by atoms with Crippen molar-refractivity contribution in [3.63, 3.8) is 0 Å². The molecule has 32 heavy (non-hydrogen) atoms. The molecule has 0 saturated heterocycles. The highest BCUT2D eigenvalue weighted by Crippen LogP contribution is 2.43. The molecule has 1 N–H and O–H groups in total. The molecule has 1 atom stereocenters. The van der Waals surface area contributed by atoms with Crippen LogP contribution in [0.25, 0.3) is 11.3 Å². The van der Waals surface area contributed by atoms with Crippen LogP contribution in [0.4, 0.5) is 5.69 Å². The molecule has 1 aliphatic rings. The number of nitrogens with one attached hydrogen (secondary N) is 1. The third kappa shape index (κ3) is 3.43. The van der Waals surface area contributed by atoms with Crippen LogP contribution < -0.4 is 0 Å². The maximum atomic E-state index is 13.4. The minimum absolute atomic E-state index is 0.0182. The fraction of sp³-hybridized carbons (Fsp3) is 0.120. The molecule has 7 nitrogen and oxygen atoms in total. The maximum absolute atomic E-state index is 13.4. The second-order valence-corrected chi connectivity index (χ2v) is 7.71. The van der Waals surface area contributed by atoms with Crippen LogP contribution in [0.3, 0.4) is 0 Å². The van der Waals surface area contributed by atoms with Crippen LogP contribution >= 0.6 is 0 Å². The zero-order chi connectivity index (χ0) is 22.1. The Hall–Kier alpha value is -4.26. The number of rotatable bonds is 6. The van der Waals surface area contributed by atoms with E-state index in [1.807, 2.05) is 65.6 Å². The molecule has 7 heteroatoms. The van der Waals surface area contributed by atoms with Crippen molar-refractivity contribution in [1.29, 1.82) is 0 Å². The molecule has 3 aromatic carbocycles. The third-order valence-corrected chi connectivity index (χ3v) is 5.81. The van der Waals surface area contributed by atoms with Crippen molar-refractivity contribution < 1.29 is 9.72 Å². The molecule has 0 bridgehead atoms. The van der Waals surface area contributed by atoms with Gasteiger partial charge in [-0.15, -0.1) is 0 Å². The second kappa shape index (κ2) is 8.11. The number of nitrogens with zero attached hydrogens (tertiary/aromatic N) is 3. The van der Waals surface area contributed by atoms with Gasteiger partial charge in [-0.1, -0.05) is 60.7 Å². The standard InChI is InChI=1S/C25H20N4O3/c30-25-23-21(22(26-27-23)18-9-5-2-6-10-18)24(19-11-13-20(14-12-19)29(31)32)28(25)16-15-17-7-3-1-4-8-17/h1-14,24H,15-16H2,(H,26,27). The van der Waals surface area contributed by atoms with Crippen molar-refractivity contribution in [3.8, 4) is 11.3 Å². The Morgan fingerprint density at radius 2 is 1.59 bits per heavy atom. The van der Waals surface area contributed by atoms with Crippen molar-refractivity contribution in [3.05, 3.63) is 117 Å². The summed E-state index contributed by atoms with van der Waals surface area (Å²) < 4.78 is 0. The third-order valence-electron chi connectivity index (χ3n) is 5.81. The largest absolute Gasteiger partial charge is 0.326 e. The summed E-state index contributed by atoms with van der Waals surface area (Å²) in [4.78, 5) is 25.9. The van der Waals surface area contributed by atoms with Gasteiger partial charge in [-0.05, 0) is 29.7 Å². The number of hydrogen-bond donors (Lipinski definition) is 1. The van der Waals surface area contributed by atoms with Crippen LogP contribution in [0.1, 0.15) is 33.2 Å². The van der Waals surface area contributed by atoms with E-state index in [0.29, 0.717) is 18.7 Å². The number of nitro groups is 1. The van der Waals surface area contributed by atoms with E-state index >= 15 is 0 Å². The fourth-order valence-electron chi connectivity index (χ4n) is 4.26. The van der Waals surface area contributed by atoms with E-state index in [4.69, 9.17) is 0 Å². The maximum Gasteiger partial charge on any atom is 0.273 e. The summed E-state index contributed by atoms with van der Waals surface area (Å²) >= 11 is 0. The summed E-state index contributed by atoms with van der Waals surface area (Å²) in [6, 6.07) is 25.8. The van der Waals surface area contributed by atoms with E-state index < -0.39 is 4.92 Å². The highest BCUT2D eigenvalue weighted by molar-refractivity contribution is 6.00. The number of non-ortho nitro benzene ring substituents is 1.